The molecule has 7 nitrogen and oxygen atoms in total. The van der Waals surface area contributed by atoms with Crippen LogP contribution in [0.2, 0.25) is 5.02 Å². The molecule has 0 saturated heterocycles. The minimum atomic E-state index is -1.22. The average Bonchev–Trinajstić information content (AvgIpc) is 2.42. The Morgan fingerprint density at radius 1 is 1.43 bits per heavy atom. The lowest BCUT2D eigenvalue weighted by Gasteiger charge is -2.09. The molecule has 1 aromatic heterocycles. The lowest BCUT2D eigenvalue weighted by atomic mass is 10.2. The maximum absolute atomic E-state index is 11.0. The van der Waals surface area contributed by atoms with Gasteiger partial charge >= 0.3 is 5.97 Å². The van der Waals surface area contributed by atoms with Gasteiger partial charge in [0.05, 0.1) is 16.6 Å². The van der Waals surface area contributed by atoms with Crippen molar-refractivity contribution in [3.8, 4) is 11.6 Å². The summed E-state index contributed by atoms with van der Waals surface area (Å²) in [5.41, 5.74) is 0.310. The number of carboxylic acids is 1. The number of hydrogen-bond donors (Lipinski definition) is 1. The number of pyridine rings is 1. The number of rotatable bonds is 4. The Morgan fingerprint density at radius 2 is 2.14 bits per heavy atom. The van der Waals surface area contributed by atoms with Gasteiger partial charge in [-0.15, -0.1) is 0 Å². The van der Waals surface area contributed by atoms with Gasteiger partial charge in [-0.3, -0.25) is 10.1 Å². The van der Waals surface area contributed by atoms with Crippen molar-refractivity contribution in [1.29, 1.82) is 0 Å². The molecule has 8 heteroatoms. The zero-order chi connectivity index (χ0) is 15.6. The van der Waals surface area contributed by atoms with Crippen LogP contribution < -0.4 is 4.74 Å². The van der Waals surface area contributed by atoms with E-state index < -0.39 is 10.9 Å². The Balaban J connectivity index is 2.43. The van der Waals surface area contributed by atoms with Gasteiger partial charge in [0, 0.05) is 12.3 Å². The second-order valence-electron chi connectivity index (χ2n) is 4.09. The highest BCUT2D eigenvalue weighted by Gasteiger charge is 2.17. The molecule has 0 bridgehead atoms. The van der Waals surface area contributed by atoms with E-state index in [1.54, 1.807) is 6.92 Å². The van der Waals surface area contributed by atoms with Crippen molar-refractivity contribution in [1.82, 2.24) is 4.98 Å². The van der Waals surface area contributed by atoms with Gasteiger partial charge in [0.1, 0.15) is 10.8 Å². The molecule has 0 aliphatic heterocycles. The number of hydrogen-bond acceptors (Lipinski definition) is 5. The predicted molar refractivity (Wildman–Crippen MR) is 74.1 cm³/mol. The number of nitro groups is 1. The summed E-state index contributed by atoms with van der Waals surface area (Å²) in [6.07, 6.45) is 1.23. The molecule has 108 valence electrons. The molecule has 21 heavy (non-hydrogen) atoms. The molecule has 0 aliphatic rings. The van der Waals surface area contributed by atoms with Crippen LogP contribution in [0.4, 0.5) is 5.69 Å². The van der Waals surface area contributed by atoms with Crippen LogP contribution in [0.15, 0.2) is 30.5 Å². The first-order valence-corrected chi connectivity index (χ1v) is 6.08. The summed E-state index contributed by atoms with van der Waals surface area (Å²) in [7, 11) is 0. The van der Waals surface area contributed by atoms with E-state index in [2.05, 4.69) is 4.98 Å². The van der Waals surface area contributed by atoms with Crippen LogP contribution in [0.3, 0.4) is 0 Å². The summed E-state index contributed by atoms with van der Waals surface area (Å²) < 4.78 is 5.41. The topological polar surface area (TPSA) is 103 Å². The summed E-state index contributed by atoms with van der Waals surface area (Å²) in [5, 5.41) is 19.6. The SMILES string of the molecule is Cc1ccc([N+](=O)[O-])cc1Oc1nccc(C(=O)O)c1Cl. The minimum Gasteiger partial charge on any atom is -0.478 e. The fourth-order valence-corrected chi connectivity index (χ4v) is 1.81. The van der Waals surface area contributed by atoms with Gasteiger partial charge in [-0.25, -0.2) is 9.78 Å². The number of benzene rings is 1. The zero-order valence-corrected chi connectivity index (χ0v) is 11.5. The van der Waals surface area contributed by atoms with Crippen LogP contribution in [-0.2, 0) is 0 Å². The third-order valence-electron chi connectivity index (χ3n) is 2.68. The number of nitrogens with zero attached hydrogens (tertiary/aromatic N) is 2. The number of aryl methyl sites for hydroxylation is 1. The quantitative estimate of drug-likeness (QED) is 0.685. The van der Waals surface area contributed by atoms with E-state index in [9.17, 15) is 14.9 Å². The zero-order valence-electron chi connectivity index (χ0n) is 10.7. The molecule has 1 aromatic carbocycles. The highest BCUT2D eigenvalue weighted by atomic mass is 35.5. The Bertz CT molecular complexity index is 732. The van der Waals surface area contributed by atoms with E-state index in [0.717, 1.165) is 0 Å². The molecular weight excluding hydrogens is 300 g/mol. The third-order valence-corrected chi connectivity index (χ3v) is 3.04. The molecule has 0 saturated carbocycles. The predicted octanol–water partition coefficient (Wildman–Crippen LogP) is 3.44. The van der Waals surface area contributed by atoms with Gasteiger partial charge < -0.3 is 9.84 Å². The largest absolute Gasteiger partial charge is 0.478 e. The van der Waals surface area contributed by atoms with Gasteiger partial charge in [0.15, 0.2) is 0 Å². The number of carboxylic acid groups (broad SMARTS) is 1. The van der Waals surface area contributed by atoms with Gasteiger partial charge in [-0.05, 0) is 24.6 Å². The summed E-state index contributed by atoms with van der Waals surface area (Å²) >= 11 is 5.91. The van der Waals surface area contributed by atoms with E-state index >= 15 is 0 Å². The highest BCUT2D eigenvalue weighted by Crippen LogP contribution is 2.33. The van der Waals surface area contributed by atoms with E-state index in [0.29, 0.717) is 5.56 Å². The molecule has 0 radical (unpaired) electrons. The van der Waals surface area contributed by atoms with E-state index in [1.165, 1.54) is 30.5 Å². The van der Waals surface area contributed by atoms with Crippen molar-refractivity contribution in [3.63, 3.8) is 0 Å². The van der Waals surface area contributed by atoms with Crippen molar-refractivity contribution in [2.75, 3.05) is 0 Å². The number of aromatic carboxylic acids is 1. The fraction of sp³-hybridized carbons (Fsp3) is 0.0769. The van der Waals surface area contributed by atoms with Gasteiger partial charge in [-0.1, -0.05) is 11.6 Å². The van der Waals surface area contributed by atoms with Gasteiger partial charge in [-0.2, -0.15) is 0 Å². The maximum Gasteiger partial charge on any atom is 0.337 e. The number of non-ortho nitro benzene ring substituents is 1. The summed E-state index contributed by atoms with van der Waals surface area (Å²) in [6, 6.07) is 5.31. The fourth-order valence-electron chi connectivity index (χ4n) is 1.58. The molecule has 0 fully saturated rings. The summed E-state index contributed by atoms with van der Waals surface area (Å²) in [6.45, 7) is 1.69. The summed E-state index contributed by atoms with van der Waals surface area (Å²) in [4.78, 5) is 25.0. The normalized spacial score (nSPS) is 10.2. The molecule has 1 heterocycles. The third kappa shape index (κ3) is 3.09. The van der Waals surface area contributed by atoms with E-state index in [4.69, 9.17) is 21.4 Å². The van der Waals surface area contributed by atoms with Crippen molar-refractivity contribution in [3.05, 3.63) is 56.7 Å². The number of nitro benzene ring substituents is 1. The maximum atomic E-state index is 11.0. The van der Waals surface area contributed by atoms with Crippen molar-refractivity contribution >= 4 is 23.3 Å². The van der Waals surface area contributed by atoms with Crippen LogP contribution in [-0.4, -0.2) is 21.0 Å². The molecule has 0 unspecified atom stereocenters. The number of carbonyl (C=O) groups is 1. The Kier molecular flexibility index (Phi) is 4.04. The summed E-state index contributed by atoms with van der Waals surface area (Å²) in [5.74, 6) is -1.16. The second-order valence-corrected chi connectivity index (χ2v) is 4.47. The first kappa shape index (κ1) is 14.7. The Labute approximate surface area is 123 Å². The standard InChI is InChI=1S/C13H9ClN2O5/c1-7-2-3-8(16(19)20)6-10(7)21-12-11(14)9(13(17)18)4-5-15-12/h2-6H,1H3,(H,17,18). The molecular formula is C13H9ClN2O5. The monoisotopic (exact) mass is 308 g/mol. The van der Waals surface area contributed by atoms with Crippen LogP contribution in [0.1, 0.15) is 15.9 Å². The molecule has 2 aromatic rings. The second kappa shape index (κ2) is 5.76. The molecule has 0 atom stereocenters. The first-order chi connectivity index (χ1) is 9.90. The molecule has 1 N–H and O–H groups in total. The Hall–Kier alpha value is -2.67. The van der Waals surface area contributed by atoms with E-state index in [1.807, 2.05) is 0 Å². The van der Waals surface area contributed by atoms with Crippen molar-refractivity contribution in [2.45, 2.75) is 6.92 Å². The molecule has 2 rings (SSSR count). The molecule has 0 spiro atoms. The minimum absolute atomic E-state index is 0.125. The van der Waals surface area contributed by atoms with Crippen molar-refractivity contribution in [2.24, 2.45) is 0 Å². The van der Waals surface area contributed by atoms with Crippen LogP contribution in [0.25, 0.3) is 0 Å². The van der Waals surface area contributed by atoms with Crippen molar-refractivity contribution < 1.29 is 19.6 Å². The van der Waals surface area contributed by atoms with Crippen LogP contribution in [0.5, 0.6) is 11.6 Å². The highest BCUT2D eigenvalue weighted by molar-refractivity contribution is 6.34. The van der Waals surface area contributed by atoms with Gasteiger partial charge in [0.2, 0.25) is 5.88 Å². The number of halogens is 1. The van der Waals surface area contributed by atoms with E-state index in [-0.39, 0.29) is 27.9 Å². The average molecular weight is 309 g/mol. The van der Waals surface area contributed by atoms with Gasteiger partial charge in [0.25, 0.3) is 5.69 Å². The first-order valence-electron chi connectivity index (χ1n) is 5.71. The lowest BCUT2D eigenvalue weighted by molar-refractivity contribution is -0.384. The number of aromatic nitrogens is 1. The number of ether oxygens (including phenoxy) is 1. The smallest absolute Gasteiger partial charge is 0.337 e. The molecule has 0 amide bonds. The molecule has 0 aliphatic carbocycles. The van der Waals surface area contributed by atoms with Crippen LogP contribution >= 0.6 is 11.6 Å². The van der Waals surface area contributed by atoms with Crippen LogP contribution in [0, 0.1) is 17.0 Å². The Morgan fingerprint density at radius 3 is 2.76 bits per heavy atom. The lowest BCUT2D eigenvalue weighted by Crippen LogP contribution is -2.00.